The van der Waals surface area contributed by atoms with Gasteiger partial charge in [0.25, 0.3) is 0 Å². The fourth-order valence-corrected chi connectivity index (χ4v) is 2.47. The first-order valence-electron chi connectivity index (χ1n) is 6.34. The van der Waals surface area contributed by atoms with E-state index < -0.39 is 0 Å². The van der Waals surface area contributed by atoms with Crippen molar-refractivity contribution in [2.75, 3.05) is 30.8 Å². The smallest absolute Gasteiger partial charge is 0.147 e. The van der Waals surface area contributed by atoms with Gasteiger partial charge >= 0.3 is 0 Å². The van der Waals surface area contributed by atoms with Crippen molar-refractivity contribution >= 4 is 36.3 Å². The van der Waals surface area contributed by atoms with Gasteiger partial charge in [0.15, 0.2) is 0 Å². The number of methoxy groups -OCH3 is 1. The summed E-state index contributed by atoms with van der Waals surface area (Å²) in [5.41, 5.74) is 6.61. The minimum atomic E-state index is -0.277. The minimum absolute atomic E-state index is 0. The van der Waals surface area contributed by atoms with Crippen LogP contribution in [-0.2, 0) is 0 Å². The maximum Gasteiger partial charge on any atom is 0.147 e. The molecule has 0 amide bonds. The van der Waals surface area contributed by atoms with E-state index in [1.165, 1.54) is 0 Å². The molecule has 1 aromatic rings. The number of hydrogen-bond donors (Lipinski definition) is 2. The number of anilines is 2. The third-order valence-corrected chi connectivity index (χ3v) is 3.57. The second-order valence-corrected chi connectivity index (χ2v) is 4.87. The molecule has 7 heteroatoms. The van der Waals surface area contributed by atoms with Crippen molar-refractivity contribution < 1.29 is 9.84 Å². The number of nitrogens with two attached hydrogens (primary N) is 1. The highest BCUT2D eigenvalue weighted by Gasteiger charge is 2.25. The third kappa shape index (κ3) is 4.30. The maximum atomic E-state index is 9.72. The number of ether oxygens (including phenoxy) is 1. The van der Waals surface area contributed by atoms with E-state index in [0.717, 1.165) is 37.4 Å². The molecule has 1 aliphatic heterocycles. The molecule has 0 aliphatic carbocycles. The van der Waals surface area contributed by atoms with E-state index >= 15 is 0 Å². The van der Waals surface area contributed by atoms with Crippen molar-refractivity contribution in [3.8, 4) is 5.75 Å². The van der Waals surface area contributed by atoms with Crippen molar-refractivity contribution in [2.24, 2.45) is 5.92 Å². The Balaban J connectivity index is 0.00000180. The SMILES string of the molecule is COc1cc(N)ncc1N1CCC[C@@H](C(C)O)C1.Cl.Cl. The van der Waals surface area contributed by atoms with Gasteiger partial charge in [-0.05, 0) is 19.8 Å². The zero-order valence-electron chi connectivity index (χ0n) is 11.8. The molecule has 0 aromatic carbocycles. The first-order chi connectivity index (χ1) is 8.61. The molecule has 1 fully saturated rings. The molecule has 0 saturated carbocycles. The van der Waals surface area contributed by atoms with E-state index in [2.05, 4.69) is 9.88 Å². The van der Waals surface area contributed by atoms with E-state index in [0.29, 0.717) is 11.7 Å². The quantitative estimate of drug-likeness (QED) is 0.891. The Morgan fingerprint density at radius 3 is 2.80 bits per heavy atom. The third-order valence-electron chi connectivity index (χ3n) is 3.57. The van der Waals surface area contributed by atoms with Crippen LogP contribution >= 0.6 is 24.8 Å². The Morgan fingerprint density at radius 2 is 2.20 bits per heavy atom. The molecular weight excluding hydrogens is 301 g/mol. The van der Waals surface area contributed by atoms with Crippen LogP contribution in [0.1, 0.15) is 19.8 Å². The summed E-state index contributed by atoms with van der Waals surface area (Å²) in [5, 5.41) is 9.72. The molecule has 2 heterocycles. The van der Waals surface area contributed by atoms with Gasteiger partial charge in [0.2, 0.25) is 0 Å². The number of aliphatic hydroxyl groups excluding tert-OH is 1. The highest BCUT2D eigenvalue weighted by molar-refractivity contribution is 5.85. The average Bonchev–Trinajstić information content (AvgIpc) is 2.38. The molecule has 0 bridgehead atoms. The van der Waals surface area contributed by atoms with Gasteiger partial charge in [-0.3, -0.25) is 0 Å². The maximum absolute atomic E-state index is 9.72. The second-order valence-electron chi connectivity index (χ2n) is 4.87. The van der Waals surface area contributed by atoms with Crippen molar-refractivity contribution in [3.05, 3.63) is 12.3 Å². The summed E-state index contributed by atoms with van der Waals surface area (Å²) in [6, 6.07) is 1.74. The molecular formula is C13H23Cl2N3O2. The van der Waals surface area contributed by atoms with Crippen LogP contribution < -0.4 is 15.4 Å². The number of nitrogens with zero attached hydrogens (tertiary/aromatic N) is 2. The predicted octanol–water partition coefficient (Wildman–Crippen LogP) is 2.11. The summed E-state index contributed by atoms with van der Waals surface area (Å²) in [7, 11) is 1.63. The predicted molar refractivity (Wildman–Crippen MR) is 86.3 cm³/mol. The lowest BCUT2D eigenvalue weighted by Crippen LogP contribution is -2.39. The number of hydrogen-bond acceptors (Lipinski definition) is 5. The van der Waals surface area contributed by atoms with Crippen LogP contribution in [0.25, 0.3) is 0 Å². The molecule has 5 nitrogen and oxygen atoms in total. The number of halogens is 2. The van der Waals surface area contributed by atoms with Crippen molar-refractivity contribution in [1.82, 2.24) is 4.98 Å². The molecule has 0 radical (unpaired) electrons. The van der Waals surface area contributed by atoms with Crippen LogP contribution in [0.15, 0.2) is 12.3 Å². The van der Waals surface area contributed by atoms with Crippen LogP contribution in [0.2, 0.25) is 0 Å². The summed E-state index contributed by atoms with van der Waals surface area (Å²) in [5.74, 6) is 1.51. The summed E-state index contributed by atoms with van der Waals surface area (Å²) >= 11 is 0. The number of aromatic nitrogens is 1. The highest BCUT2D eigenvalue weighted by Crippen LogP contribution is 2.32. The molecule has 3 N–H and O–H groups in total. The van der Waals surface area contributed by atoms with E-state index in [-0.39, 0.29) is 30.9 Å². The number of aliphatic hydroxyl groups is 1. The van der Waals surface area contributed by atoms with Gasteiger partial charge in [-0.15, -0.1) is 24.8 Å². The molecule has 1 saturated heterocycles. The molecule has 2 atom stereocenters. The molecule has 116 valence electrons. The van der Waals surface area contributed by atoms with E-state index in [1.807, 2.05) is 6.92 Å². The first-order valence-corrected chi connectivity index (χ1v) is 6.34. The molecule has 20 heavy (non-hydrogen) atoms. The first kappa shape index (κ1) is 19.1. The Morgan fingerprint density at radius 1 is 1.50 bits per heavy atom. The van der Waals surface area contributed by atoms with Gasteiger partial charge in [0.05, 0.1) is 25.1 Å². The number of nitrogen functional groups attached to an aromatic ring is 1. The molecule has 0 spiro atoms. The standard InChI is InChI=1S/C13H21N3O2.2ClH/c1-9(17)10-4-3-5-16(8-10)11-7-15-13(14)6-12(11)18-2;;/h6-7,9-10,17H,3-5,8H2,1-2H3,(H2,14,15);2*1H/t9?,10-;;/m1../s1. The van der Waals surface area contributed by atoms with Gasteiger partial charge in [0.1, 0.15) is 11.6 Å². The second kappa shape index (κ2) is 8.39. The van der Waals surface area contributed by atoms with Crippen LogP contribution in [0, 0.1) is 5.92 Å². The van der Waals surface area contributed by atoms with Crippen molar-refractivity contribution in [1.29, 1.82) is 0 Å². The van der Waals surface area contributed by atoms with Crippen molar-refractivity contribution in [2.45, 2.75) is 25.9 Å². The molecule has 1 aliphatic rings. The van der Waals surface area contributed by atoms with Gasteiger partial charge in [-0.1, -0.05) is 0 Å². The van der Waals surface area contributed by atoms with Crippen LogP contribution in [0.4, 0.5) is 11.5 Å². The number of rotatable bonds is 3. The van der Waals surface area contributed by atoms with E-state index in [9.17, 15) is 5.11 Å². The molecule has 1 unspecified atom stereocenters. The van der Waals surface area contributed by atoms with E-state index in [1.54, 1.807) is 19.4 Å². The van der Waals surface area contributed by atoms with Crippen LogP contribution in [0.3, 0.4) is 0 Å². The normalized spacial score (nSPS) is 19.6. The van der Waals surface area contributed by atoms with E-state index in [4.69, 9.17) is 10.5 Å². The van der Waals surface area contributed by atoms with Crippen molar-refractivity contribution in [3.63, 3.8) is 0 Å². The zero-order valence-corrected chi connectivity index (χ0v) is 13.4. The van der Waals surface area contributed by atoms with Crippen LogP contribution in [0.5, 0.6) is 5.75 Å². The Labute approximate surface area is 132 Å². The topological polar surface area (TPSA) is 71.6 Å². The number of pyridine rings is 1. The highest BCUT2D eigenvalue weighted by atomic mass is 35.5. The monoisotopic (exact) mass is 323 g/mol. The Kier molecular flexibility index (Phi) is 8.01. The summed E-state index contributed by atoms with van der Waals surface area (Å²) in [6.07, 6.45) is 3.61. The van der Waals surface area contributed by atoms with Gasteiger partial charge in [-0.25, -0.2) is 4.98 Å². The summed E-state index contributed by atoms with van der Waals surface area (Å²) in [4.78, 5) is 6.34. The van der Waals surface area contributed by atoms with Gasteiger partial charge in [-0.2, -0.15) is 0 Å². The minimum Gasteiger partial charge on any atom is -0.494 e. The molecule has 1 aromatic heterocycles. The molecule has 2 rings (SSSR count). The summed E-state index contributed by atoms with van der Waals surface area (Å²) in [6.45, 7) is 3.65. The zero-order chi connectivity index (χ0) is 13.1. The summed E-state index contributed by atoms with van der Waals surface area (Å²) < 4.78 is 5.35. The Hall–Kier alpha value is -0.910. The number of piperidine rings is 1. The Bertz CT molecular complexity index is 419. The van der Waals surface area contributed by atoms with Gasteiger partial charge in [0, 0.05) is 25.1 Å². The lowest BCUT2D eigenvalue weighted by Gasteiger charge is -2.36. The lowest BCUT2D eigenvalue weighted by atomic mass is 9.93. The van der Waals surface area contributed by atoms with Crippen LogP contribution in [-0.4, -0.2) is 36.4 Å². The fourth-order valence-electron chi connectivity index (χ4n) is 2.47. The lowest BCUT2D eigenvalue weighted by molar-refractivity contribution is 0.115. The fraction of sp³-hybridized carbons (Fsp3) is 0.615. The van der Waals surface area contributed by atoms with Gasteiger partial charge < -0.3 is 20.5 Å². The average molecular weight is 324 g/mol. The largest absolute Gasteiger partial charge is 0.494 e.